The van der Waals surface area contributed by atoms with Gasteiger partial charge in [-0.25, -0.2) is 14.1 Å². The lowest BCUT2D eigenvalue weighted by Gasteiger charge is -2.27. The lowest BCUT2D eigenvalue weighted by atomic mass is 9.92. The average molecular weight is 844 g/mol. The zero-order chi connectivity index (χ0) is 41.9. The number of anilines is 1. The number of aliphatic hydroxyl groups is 2. The Labute approximate surface area is 350 Å². The maximum atomic E-state index is 13.2. The largest absolute Gasteiger partial charge is 0.472 e. The number of aliphatic hydroxyl groups excluding tert-OH is 2. The maximum absolute atomic E-state index is 13.2. The molecular weight excluding hydrogens is 773 g/mol. The molecule has 0 radical (unpaired) electrons. The van der Waals surface area contributed by atoms with Gasteiger partial charge in [-0.3, -0.25) is 14.0 Å². The summed E-state index contributed by atoms with van der Waals surface area (Å²) < 4.78 is 43.7. The minimum absolute atomic E-state index is 0.179. The first-order valence-electron chi connectivity index (χ1n) is 22.1. The standard InChI is InChI=1S/C44H70N5O9P/c1-3-4-5-6-7-8-9-10-11-12-13-14-15-16-17-18-26-54-29-37(55-28-34-22-23-35-20-19-21-36(35)27-34)30-56-59(52,53)57-31-39-41(50)42(51)44(58-39,32-46-2)40-25-24-38-43(45)47-33-48-49(38)40/h22-25,27,32-33,37,39,41-42,50-51H,3-21,26,28-31H2,1-2H3,(H,52,53)(H2,45,47,48)/b46-32-/t37-,39-,41-,42-,44+/m1/s1. The number of nitrogen functional groups attached to an aromatic ring is 1. The zero-order valence-electron chi connectivity index (χ0n) is 35.4. The number of aliphatic imine (C=N–C) groups is 1. The predicted molar refractivity (Wildman–Crippen MR) is 230 cm³/mol. The molecule has 14 nitrogen and oxygen atoms in total. The van der Waals surface area contributed by atoms with Crippen LogP contribution in [0.15, 0.2) is 41.7 Å². The maximum Gasteiger partial charge on any atom is 0.472 e. The van der Waals surface area contributed by atoms with E-state index >= 15 is 0 Å². The Bertz CT molecular complexity index is 1760. The number of phosphoric acid groups is 1. The molecule has 6 atom stereocenters. The number of rotatable bonds is 30. The van der Waals surface area contributed by atoms with E-state index in [2.05, 4.69) is 40.2 Å². The van der Waals surface area contributed by atoms with E-state index in [0.717, 1.165) is 37.7 Å². The van der Waals surface area contributed by atoms with Crippen molar-refractivity contribution in [2.75, 3.05) is 39.2 Å². The van der Waals surface area contributed by atoms with Crippen molar-refractivity contribution < 1.29 is 42.9 Å². The van der Waals surface area contributed by atoms with Crippen molar-refractivity contribution in [3.8, 4) is 0 Å². The molecule has 2 aliphatic rings. The summed E-state index contributed by atoms with van der Waals surface area (Å²) in [5.41, 5.74) is 8.86. The summed E-state index contributed by atoms with van der Waals surface area (Å²) in [7, 11) is -3.18. The summed E-state index contributed by atoms with van der Waals surface area (Å²) in [6, 6.07) is 9.66. The number of nitrogens with zero attached hydrogens (tertiary/aromatic N) is 4. The fourth-order valence-corrected chi connectivity index (χ4v) is 8.99. The molecule has 0 saturated carbocycles. The summed E-state index contributed by atoms with van der Waals surface area (Å²) in [6.45, 7) is 2.47. The summed E-state index contributed by atoms with van der Waals surface area (Å²) in [5, 5.41) is 26.5. The van der Waals surface area contributed by atoms with Gasteiger partial charge < -0.3 is 35.1 Å². The average Bonchev–Trinajstić information content (AvgIpc) is 3.95. The molecule has 2 aromatic heterocycles. The van der Waals surface area contributed by atoms with Crippen LogP contribution in [0.25, 0.3) is 5.52 Å². The van der Waals surface area contributed by atoms with Gasteiger partial charge in [0.1, 0.15) is 36.3 Å². The van der Waals surface area contributed by atoms with E-state index in [1.165, 1.54) is 125 Å². The molecule has 59 heavy (non-hydrogen) atoms. The van der Waals surface area contributed by atoms with Crippen molar-refractivity contribution in [1.82, 2.24) is 14.6 Å². The number of ether oxygens (including phenoxy) is 3. The summed E-state index contributed by atoms with van der Waals surface area (Å²) in [5.74, 6) is 0.210. The SMILES string of the molecule is CCCCCCCCCCCCCCCCCCOC[C@H](COP(=O)(O)OC[C@H]1O[C@@](/C=N\C)(c2ccc3c(N)ncnn23)[C@H](O)[C@@H]1O)OCc1ccc2c(c1)CCC2. The molecule has 0 spiro atoms. The molecule has 1 unspecified atom stereocenters. The number of fused-ring (bicyclic) bond motifs is 2. The normalized spacial score (nSPS) is 22.1. The van der Waals surface area contributed by atoms with Crippen molar-refractivity contribution in [1.29, 1.82) is 0 Å². The van der Waals surface area contributed by atoms with Crippen LogP contribution in [0.3, 0.4) is 0 Å². The highest BCUT2D eigenvalue weighted by atomic mass is 31.2. The van der Waals surface area contributed by atoms with Gasteiger partial charge in [-0.05, 0) is 54.5 Å². The number of hydrogen-bond donors (Lipinski definition) is 4. The van der Waals surface area contributed by atoms with Crippen molar-refractivity contribution in [3.63, 3.8) is 0 Å². The molecule has 5 rings (SSSR count). The van der Waals surface area contributed by atoms with Crippen LogP contribution in [0.5, 0.6) is 0 Å². The zero-order valence-corrected chi connectivity index (χ0v) is 36.3. The summed E-state index contributed by atoms with van der Waals surface area (Å²) >= 11 is 0. The highest BCUT2D eigenvalue weighted by Gasteiger charge is 2.56. The lowest BCUT2D eigenvalue weighted by molar-refractivity contribution is -0.0626. The first kappa shape index (κ1) is 47.3. The van der Waals surface area contributed by atoms with E-state index in [4.69, 9.17) is 29.0 Å². The Balaban J connectivity index is 1.04. The monoisotopic (exact) mass is 843 g/mol. The van der Waals surface area contributed by atoms with Crippen molar-refractivity contribution >= 4 is 25.4 Å². The third-order valence-corrected chi connectivity index (χ3v) is 12.6. The Morgan fingerprint density at radius 3 is 2.27 bits per heavy atom. The van der Waals surface area contributed by atoms with E-state index in [1.54, 1.807) is 12.1 Å². The summed E-state index contributed by atoms with van der Waals surface area (Å²) in [4.78, 5) is 18.8. The second kappa shape index (κ2) is 24.6. The molecule has 15 heteroatoms. The fourth-order valence-electron chi connectivity index (χ4n) is 8.23. The van der Waals surface area contributed by atoms with Crippen molar-refractivity contribution in [3.05, 3.63) is 59.0 Å². The predicted octanol–water partition coefficient (Wildman–Crippen LogP) is 7.81. The molecule has 1 fully saturated rings. The van der Waals surface area contributed by atoms with Gasteiger partial charge in [0.15, 0.2) is 11.4 Å². The van der Waals surface area contributed by atoms with E-state index in [9.17, 15) is 19.7 Å². The Morgan fingerprint density at radius 1 is 0.932 bits per heavy atom. The molecule has 3 aromatic rings. The molecule has 0 bridgehead atoms. The third kappa shape index (κ3) is 14.1. The van der Waals surface area contributed by atoms with Crippen LogP contribution >= 0.6 is 7.82 Å². The van der Waals surface area contributed by atoms with Crippen LogP contribution in [-0.4, -0.2) is 93.8 Å². The number of hydrogen-bond acceptors (Lipinski definition) is 12. The highest BCUT2D eigenvalue weighted by molar-refractivity contribution is 7.47. The number of benzene rings is 1. The van der Waals surface area contributed by atoms with Gasteiger partial charge in [0, 0.05) is 19.9 Å². The molecule has 1 saturated heterocycles. The van der Waals surface area contributed by atoms with Gasteiger partial charge >= 0.3 is 7.82 Å². The minimum Gasteiger partial charge on any atom is -0.387 e. The lowest BCUT2D eigenvalue weighted by Crippen LogP contribution is -2.43. The van der Waals surface area contributed by atoms with Gasteiger partial charge in [-0.15, -0.1) is 0 Å². The number of nitrogens with two attached hydrogens (primary N) is 1. The molecule has 1 aliphatic heterocycles. The first-order chi connectivity index (χ1) is 28.7. The highest BCUT2D eigenvalue weighted by Crippen LogP contribution is 2.46. The van der Waals surface area contributed by atoms with E-state index < -0.39 is 44.4 Å². The molecule has 5 N–H and O–H groups in total. The topological polar surface area (TPSA) is 192 Å². The van der Waals surface area contributed by atoms with Crippen LogP contribution in [0.2, 0.25) is 0 Å². The molecule has 0 amide bonds. The van der Waals surface area contributed by atoms with Gasteiger partial charge in [0.25, 0.3) is 0 Å². The van der Waals surface area contributed by atoms with Gasteiger partial charge in [0.2, 0.25) is 0 Å². The van der Waals surface area contributed by atoms with Crippen LogP contribution in [0.4, 0.5) is 5.82 Å². The number of unbranched alkanes of at least 4 members (excludes halogenated alkanes) is 15. The summed E-state index contributed by atoms with van der Waals surface area (Å²) in [6.07, 6.45) is 21.8. The van der Waals surface area contributed by atoms with E-state index in [1.807, 2.05) is 0 Å². The van der Waals surface area contributed by atoms with Gasteiger partial charge in [-0.2, -0.15) is 5.10 Å². The second-order valence-electron chi connectivity index (χ2n) is 16.3. The van der Waals surface area contributed by atoms with E-state index in [-0.39, 0.29) is 19.0 Å². The first-order valence-corrected chi connectivity index (χ1v) is 23.6. The molecule has 3 heterocycles. The second-order valence-corrected chi connectivity index (χ2v) is 17.7. The van der Waals surface area contributed by atoms with Crippen LogP contribution in [0, 0.1) is 0 Å². The number of aromatic nitrogens is 3. The molecule has 1 aliphatic carbocycles. The van der Waals surface area contributed by atoms with Crippen molar-refractivity contribution in [2.24, 2.45) is 4.99 Å². The minimum atomic E-state index is -4.68. The number of aryl methyl sites for hydroxylation is 2. The Morgan fingerprint density at radius 2 is 1.59 bits per heavy atom. The fraction of sp³-hybridized carbons (Fsp3) is 0.705. The van der Waals surface area contributed by atoms with Crippen LogP contribution in [0.1, 0.15) is 138 Å². The Hall–Kier alpha value is -2.78. The van der Waals surface area contributed by atoms with Gasteiger partial charge in [-0.1, -0.05) is 121 Å². The van der Waals surface area contributed by atoms with Gasteiger partial charge in [0.05, 0.1) is 32.1 Å². The van der Waals surface area contributed by atoms with Crippen LogP contribution < -0.4 is 5.73 Å². The van der Waals surface area contributed by atoms with Crippen molar-refractivity contribution in [2.45, 2.75) is 166 Å². The molecule has 330 valence electrons. The quantitative estimate of drug-likeness (QED) is 0.0290. The molecule has 1 aromatic carbocycles. The Kier molecular flexibility index (Phi) is 19.7. The van der Waals surface area contributed by atoms with Crippen LogP contribution in [-0.2, 0) is 52.9 Å². The number of phosphoric ester groups is 1. The van der Waals surface area contributed by atoms with E-state index in [0.29, 0.717) is 24.4 Å². The molecular formula is C44H70N5O9P. The third-order valence-electron chi connectivity index (χ3n) is 11.6. The smallest absolute Gasteiger partial charge is 0.387 e.